The van der Waals surface area contributed by atoms with Gasteiger partial charge in [0.2, 0.25) is 0 Å². The van der Waals surface area contributed by atoms with E-state index >= 15 is 0 Å². The van der Waals surface area contributed by atoms with Gasteiger partial charge in [-0.05, 0) is 43.1 Å². The molecule has 6 heteroatoms. The highest BCUT2D eigenvalue weighted by Gasteiger charge is 2.32. The van der Waals surface area contributed by atoms with E-state index in [9.17, 15) is 13.2 Å². The highest BCUT2D eigenvalue weighted by molar-refractivity contribution is 5.40. The molecule has 1 aromatic rings. The van der Waals surface area contributed by atoms with Crippen LogP contribution >= 0.6 is 0 Å². The number of nitrogens with one attached hydrogen (secondary N) is 1. The maximum absolute atomic E-state index is 12.2. The van der Waals surface area contributed by atoms with Crippen molar-refractivity contribution >= 4 is 0 Å². The molecule has 0 amide bonds. The van der Waals surface area contributed by atoms with Crippen molar-refractivity contribution in [1.29, 1.82) is 0 Å². The fourth-order valence-electron chi connectivity index (χ4n) is 2.73. The highest BCUT2D eigenvalue weighted by Crippen LogP contribution is 2.34. The van der Waals surface area contributed by atoms with E-state index in [-0.39, 0.29) is 18.8 Å². The molecule has 0 bridgehead atoms. The molecule has 3 nitrogen and oxygen atoms in total. The van der Waals surface area contributed by atoms with Crippen molar-refractivity contribution in [3.8, 4) is 5.75 Å². The molecule has 118 valence electrons. The van der Waals surface area contributed by atoms with Crippen molar-refractivity contribution < 1.29 is 22.6 Å². The largest absolute Gasteiger partial charge is 0.497 e. The Morgan fingerprint density at radius 1 is 1.33 bits per heavy atom. The van der Waals surface area contributed by atoms with E-state index in [1.165, 1.54) is 5.56 Å². The minimum atomic E-state index is -4.18. The van der Waals surface area contributed by atoms with E-state index in [1.54, 1.807) is 14.2 Å². The highest BCUT2D eigenvalue weighted by atomic mass is 19.4. The summed E-state index contributed by atoms with van der Waals surface area (Å²) in [5.74, 6) is 0.741. The third kappa shape index (κ3) is 4.11. The van der Waals surface area contributed by atoms with Gasteiger partial charge < -0.3 is 14.8 Å². The summed E-state index contributed by atoms with van der Waals surface area (Å²) in [6, 6.07) is 5.72. The molecule has 1 aliphatic rings. The molecule has 21 heavy (non-hydrogen) atoms. The Hall–Kier alpha value is -1.27. The van der Waals surface area contributed by atoms with Crippen molar-refractivity contribution in [3.05, 3.63) is 29.3 Å². The molecular formula is C15H20F3NO2. The van der Waals surface area contributed by atoms with Crippen molar-refractivity contribution in [2.75, 3.05) is 20.8 Å². The third-order valence-corrected chi connectivity index (χ3v) is 3.79. The minimum Gasteiger partial charge on any atom is -0.497 e. The Kier molecular flexibility index (Phi) is 5.11. The summed E-state index contributed by atoms with van der Waals surface area (Å²) in [6.45, 7) is -0.300. The summed E-state index contributed by atoms with van der Waals surface area (Å²) >= 11 is 0. The lowest BCUT2D eigenvalue weighted by molar-refractivity contribution is -0.150. The van der Waals surface area contributed by atoms with Gasteiger partial charge in [-0.15, -0.1) is 0 Å². The zero-order chi connectivity index (χ0) is 15.5. The molecule has 0 fully saturated rings. The summed E-state index contributed by atoms with van der Waals surface area (Å²) in [4.78, 5) is 0. The van der Waals surface area contributed by atoms with Crippen molar-refractivity contribution in [2.24, 2.45) is 0 Å². The average Bonchev–Trinajstić information content (AvgIpc) is 2.45. The average molecular weight is 303 g/mol. The first-order chi connectivity index (χ1) is 9.94. The first kappa shape index (κ1) is 16.1. The Morgan fingerprint density at radius 3 is 2.71 bits per heavy atom. The first-order valence-corrected chi connectivity index (χ1v) is 6.97. The van der Waals surface area contributed by atoms with Gasteiger partial charge in [-0.25, -0.2) is 0 Å². The number of rotatable bonds is 5. The summed E-state index contributed by atoms with van der Waals surface area (Å²) in [6.07, 6.45) is -3.83. The second kappa shape index (κ2) is 6.66. The second-order valence-corrected chi connectivity index (χ2v) is 5.14. The van der Waals surface area contributed by atoms with Crippen LogP contribution in [0.25, 0.3) is 0 Å². The van der Waals surface area contributed by atoms with E-state index in [1.807, 2.05) is 18.2 Å². The zero-order valence-electron chi connectivity index (χ0n) is 12.2. The predicted octanol–water partition coefficient (Wildman–Crippen LogP) is 3.24. The molecule has 0 saturated heterocycles. The molecule has 0 radical (unpaired) electrons. The summed E-state index contributed by atoms with van der Waals surface area (Å²) < 4.78 is 47.3. The van der Waals surface area contributed by atoms with Crippen LogP contribution in [0.5, 0.6) is 5.75 Å². The van der Waals surface area contributed by atoms with Crippen LogP contribution in [0.1, 0.15) is 30.0 Å². The monoisotopic (exact) mass is 303 g/mol. The van der Waals surface area contributed by atoms with Gasteiger partial charge in [0.05, 0.1) is 32.3 Å². The van der Waals surface area contributed by atoms with Crippen molar-refractivity contribution in [3.63, 3.8) is 0 Å². The molecule has 1 N–H and O–H groups in total. The minimum absolute atomic E-state index is 0.114. The molecule has 2 atom stereocenters. The second-order valence-electron chi connectivity index (χ2n) is 5.14. The van der Waals surface area contributed by atoms with Gasteiger partial charge in [0.15, 0.2) is 0 Å². The Balaban J connectivity index is 2.08. The number of alkyl halides is 3. The smallest absolute Gasteiger partial charge is 0.391 e. The van der Waals surface area contributed by atoms with Crippen LogP contribution in [0.4, 0.5) is 13.2 Å². The van der Waals surface area contributed by atoms with Gasteiger partial charge in [-0.2, -0.15) is 13.2 Å². The number of methoxy groups -OCH3 is 1. The molecule has 1 aliphatic carbocycles. The van der Waals surface area contributed by atoms with Crippen LogP contribution in [-0.2, 0) is 11.2 Å². The molecule has 2 rings (SSSR count). The fraction of sp³-hybridized carbons (Fsp3) is 0.600. The lowest BCUT2D eigenvalue weighted by Crippen LogP contribution is -2.36. The van der Waals surface area contributed by atoms with Crippen LogP contribution in [0.15, 0.2) is 18.2 Å². The van der Waals surface area contributed by atoms with Crippen LogP contribution < -0.4 is 10.1 Å². The van der Waals surface area contributed by atoms with Crippen LogP contribution in [0.3, 0.4) is 0 Å². The number of ether oxygens (including phenoxy) is 2. The van der Waals surface area contributed by atoms with Crippen molar-refractivity contribution in [2.45, 2.75) is 37.6 Å². The number of hydrogen-bond acceptors (Lipinski definition) is 3. The zero-order valence-corrected chi connectivity index (χ0v) is 12.2. The SMILES string of the molecule is CNC1c2cc(OC)ccc2CCC1OCCC(F)(F)F. The van der Waals surface area contributed by atoms with Crippen LogP contribution in [-0.4, -0.2) is 33.0 Å². The topological polar surface area (TPSA) is 30.5 Å². The Labute approximate surface area is 122 Å². The van der Waals surface area contributed by atoms with E-state index in [0.29, 0.717) is 6.42 Å². The maximum atomic E-state index is 12.2. The first-order valence-electron chi connectivity index (χ1n) is 6.97. The molecule has 0 aromatic heterocycles. The summed E-state index contributed by atoms with van der Waals surface area (Å²) in [5.41, 5.74) is 2.23. The molecule has 1 aromatic carbocycles. The van der Waals surface area contributed by atoms with Crippen LogP contribution in [0.2, 0.25) is 0 Å². The Bertz CT molecular complexity index is 476. The van der Waals surface area contributed by atoms with Gasteiger partial charge >= 0.3 is 6.18 Å². The number of aryl methyl sites for hydroxylation is 1. The summed E-state index contributed by atoms with van der Waals surface area (Å²) in [5, 5.41) is 3.15. The quantitative estimate of drug-likeness (QED) is 0.906. The normalized spacial score (nSPS) is 22.0. The van der Waals surface area contributed by atoms with Gasteiger partial charge in [0, 0.05) is 0 Å². The number of benzene rings is 1. The molecule has 0 spiro atoms. The number of fused-ring (bicyclic) bond motifs is 1. The molecule has 2 unspecified atom stereocenters. The number of hydrogen-bond donors (Lipinski definition) is 1. The lowest BCUT2D eigenvalue weighted by atomic mass is 9.85. The van der Waals surface area contributed by atoms with E-state index in [4.69, 9.17) is 9.47 Å². The van der Waals surface area contributed by atoms with Crippen molar-refractivity contribution in [1.82, 2.24) is 5.32 Å². The molecule has 0 saturated carbocycles. The van der Waals surface area contributed by atoms with Gasteiger partial charge in [0.25, 0.3) is 0 Å². The van der Waals surface area contributed by atoms with Gasteiger partial charge in [0.1, 0.15) is 5.75 Å². The van der Waals surface area contributed by atoms with Gasteiger partial charge in [-0.1, -0.05) is 6.07 Å². The standard InChI is InChI=1S/C15H20F3NO2/c1-19-14-12-9-11(20-2)5-3-10(12)4-6-13(14)21-8-7-15(16,17)18/h3,5,9,13-14,19H,4,6-8H2,1-2H3. The summed E-state index contributed by atoms with van der Waals surface area (Å²) in [7, 11) is 3.38. The molecule has 0 heterocycles. The Morgan fingerprint density at radius 2 is 2.10 bits per heavy atom. The number of likely N-dealkylation sites (N-methyl/N-ethyl adjacent to an activating group) is 1. The predicted molar refractivity (Wildman–Crippen MR) is 73.5 cm³/mol. The van der Waals surface area contributed by atoms with Crippen LogP contribution in [0, 0.1) is 0 Å². The lowest BCUT2D eigenvalue weighted by Gasteiger charge is -2.33. The van der Waals surface area contributed by atoms with Gasteiger partial charge in [-0.3, -0.25) is 0 Å². The molecular weight excluding hydrogens is 283 g/mol. The number of halogens is 3. The van der Waals surface area contributed by atoms with E-state index in [0.717, 1.165) is 17.7 Å². The van der Waals surface area contributed by atoms with E-state index in [2.05, 4.69) is 5.32 Å². The fourth-order valence-corrected chi connectivity index (χ4v) is 2.73. The third-order valence-electron chi connectivity index (χ3n) is 3.79. The molecule has 0 aliphatic heterocycles. The van der Waals surface area contributed by atoms with E-state index < -0.39 is 12.6 Å². The maximum Gasteiger partial charge on any atom is 0.391 e.